The average Bonchev–Trinajstić information content (AvgIpc) is 3.48. The molecule has 2 N–H and O–H groups in total. The Kier molecular flexibility index (Phi) is 7.80. The van der Waals surface area contributed by atoms with E-state index in [4.69, 9.17) is 9.47 Å². The number of aromatic nitrogens is 2. The van der Waals surface area contributed by atoms with E-state index in [-0.39, 0.29) is 37.4 Å². The van der Waals surface area contributed by atoms with Gasteiger partial charge in [-0.05, 0) is 47.7 Å². The summed E-state index contributed by atoms with van der Waals surface area (Å²) in [4.78, 5) is 23.5. The number of ether oxygens (including phenoxy) is 2. The zero-order valence-electron chi connectivity index (χ0n) is 19.3. The van der Waals surface area contributed by atoms with Gasteiger partial charge in [-0.2, -0.15) is 0 Å². The number of hydrogen-bond acceptors (Lipinski definition) is 5. The van der Waals surface area contributed by atoms with Crippen LogP contribution in [0.2, 0.25) is 0 Å². The van der Waals surface area contributed by atoms with E-state index in [0.29, 0.717) is 0 Å². The number of aromatic amines is 1. The fourth-order valence-corrected chi connectivity index (χ4v) is 4.79. The van der Waals surface area contributed by atoms with Gasteiger partial charge in [0.2, 0.25) is 5.91 Å². The van der Waals surface area contributed by atoms with Gasteiger partial charge in [0.15, 0.2) is 0 Å². The van der Waals surface area contributed by atoms with E-state index in [0.717, 1.165) is 40.9 Å². The highest BCUT2D eigenvalue weighted by Gasteiger charge is 2.36. The Hall–Kier alpha value is -2.26. The first-order valence-electron chi connectivity index (χ1n) is 11.3. The largest absolute Gasteiger partial charge is 0.359 e. The number of hydrogen-bond donors (Lipinski definition) is 2. The molecule has 2 aromatic carbocycles. The van der Waals surface area contributed by atoms with Gasteiger partial charge >= 0.3 is 0 Å². The van der Waals surface area contributed by atoms with E-state index >= 15 is 0 Å². The van der Waals surface area contributed by atoms with Crippen LogP contribution in [0.1, 0.15) is 38.6 Å². The molecule has 1 aliphatic rings. The highest BCUT2D eigenvalue weighted by Crippen LogP contribution is 2.33. The Labute approximate surface area is 203 Å². The number of methoxy groups -OCH3 is 1. The van der Waals surface area contributed by atoms with Crippen molar-refractivity contribution in [3.63, 3.8) is 0 Å². The zero-order chi connectivity index (χ0) is 23.4. The number of fused-ring (bicyclic) bond motifs is 1. The average molecular weight is 515 g/mol. The lowest BCUT2D eigenvalue weighted by Gasteiger charge is -2.30. The highest BCUT2D eigenvalue weighted by atomic mass is 79.9. The first-order valence-corrected chi connectivity index (χ1v) is 12.1. The SMILES string of the molecule is COCOCN[C@H](C(=O)N1CCC[C@H]1c1ncc(-c2ccc3cc(Br)ccc3c2)[nH]1)C(C)C. The minimum absolute atomic E-state index is 0.0504. The van der Waals surface area contributed by atoms with Gasteiger partial charge in [0, 0.05) is 23.7 Å². The van der Waals surface area contributed by atoms with Gasteiger partial charge in [0.1, 0.15) is 19.3 Å². The van der Waals surface area contributed by atoms with Crippen molar-refractivity contribution in [2.75, 3.05) is 27.2 Å². The van der Waals surface area contributed by atoms with Crippen LogP contribution in [0.5, 0.6) is 0 Å². The summed E-state index contributed by atoms with van der Waals surface area (Å²) < 4.78 is 11.3. The van der Waals surface area contributed by atoms with E-state index in [1.54, 1.807) is 7.11 Å². The lowest BCUT2D eigenvalue weighted by atomic mass is 10.0. The number of halogens is 1. The topological polar surface area (TPSA) is 79.5 Å². The third-order valence-electron chi connectivity index (χ3n) is 6.10. The van der Waals surface area contributed by atoms with Crippen molar-refractivity contribution < 1.29 is 14.3 Å². The van der Waals surface area contributed by atoms with Crippen LogP contribution in [0, 0.1) is 5.92 Å². The summed E-state index contributed by atoms with van der Waals surface area (Å²) in [5.74, 6) is 1.06. The maximum Gasteiger partial charge on any atom is 0.240 e. The Morgan fingerprint density at radius 2 is 2.06 bits per heavy atom. The third kappa shape index (κ3) is 5.46. The van der Waals surface area contributed by atoms with Crippen molar-refractivity contribution >= 4 is 32.6 Å². The number of H-pyrrole nitrogens is 1. The molecule has 2 heterocycles. The minimum Gasteiger partial charge on any atom is -0.359 e. The van der Waals surface area contributed by atoms with E-state index in [1.165, 1.54) is 10.8 Å². The number of benzene rings is 2. The second-order valence-electron chi connectivity index (χ2n) is 8.76. The van der Waals surface area contributed by atoms with E-state index in [9.17, 15) is 4.79 Å². The van der Waals surface area contributed by atoms with Crippen LogP contribution in [0.4, 0.5) is 0 Å². The predicted octanol–water partition coefficient (Wildman–Crippen LogP) is 4.85. The molecule has 2 atom stereocenters. The first kappa shape index (κ1) is 23.9. The van der Waals surface area contributed by atoms with Crippen molar-refractivity contribution in [3.05, 3.63) is 52.9 Å². The number of rotatable bonds is 9. The van der Waals surface area contributed by atoms with Crippen LogP contribution in [0.3, 0.4) is 0 Å². The first-order chi connectivity index (χ1) is 16.0. The summed E-state index contributed by atoms with van der Waals surface area (Å²) in [5.41, 5.74) is 2.04. The van der Waals surface area contributed by atoms with E-state index in [2.05, 4.69) is 61.5 Å². The second kappa shape index (κ2) is 10.8. The molecule has 8 heteroatoms. The van der Waals surface area contributed by atoms with Crippen molar-refractivity contribution in [2.24, 2.45) is 5.92 Å². The Bertz CT molecular complexity index is 1100. The normalized spacial score (nSPS) is 17.2. The van der Waals surface area contributed by atoms with Crippen LogP contribution < -0.4 is 5.32 Å². The number of carbonyl (C=O) groups is 1. The van der Waals surface area contributed by atoms with Gasteiger partial charge in [-0.25, -0.2) is 4.98 Å². The number of carbonyl (C=O) groups excluding carboxylic acids is 1. The molecule has 0 unspecified atom stereocenters. The molecule has 1 fully saturated rings. The van der Waals surface area contributed by atoms with Crippen molar-refractivity contribution in [3.8, 4) is 11.3 Å². The monoisotopic (exact) mass is 514 g/mol. The number of nitrogens with zero attached hydrogens (tertiary/aromatic N) is 2. The minimum atomic E-state index is -0.322. The summed E-state index contributed by atoms with van der Waals surface area (Å²) in [6, 6.07) is 12.3. The molecular weight excluding hydrogens is 484 g/mol. The molecule has 0 saturated carbocycles. The molecule has 3 aromatic rings. The van der Waals surface area contributed by atoms with Gasteiger partial charge in [-0.1, -0.05) is 48.0 Å². The van der Waals surface area contributed by atoms with Crippen LogP contribution in [-0.4, -0.2) is 54.0 Å². The molecule has 33 heavy (non-hydrogen) atoms. The third-order valence-corrected chi connectivity index (χ3v) is 6.59. The summed E-state index contributed by atoms with van der Waals surface area (Å²) in [7, 11) is 1.58. The van der Waals surface area contributed by atoms with Crippen molar-refractivity contribution in [1.82, 2.24) is 20.2 Å². The molecule has 0 aliphatic carbocycles. The Morgan fingerprint density at radius 3 is 2.85 bits per heavy atom. The molecule has 0 radical (unpaired) electrons. The van der Waals surface area contributed by atoms with Crippen LogP contribution >= 0.6 is 15.9 Å². The highest BCUT2D eigenvalue weighted by molar-refractivity contribution is 9.10. The molecule has 1 aromatic heterocycles. The van der Waals surface area contributed by atoms with Gasteiger partial charge in [0.05, 0.1) is 24.0 Å². The number of amides is 1. The molecule has 0 spiro atoms. The molecular formula is C25H31BrN4O3. The van der Waals surface area contributed by atoms with Crippen molar-refractivity contribution in [1.29, 1.82) is 0 Å². The summed E-state index contributed by atoms with van der Waals surface area (Å²) in [6.07, 6.45) is 3.73. The quantitative estimate of drug-likeness (QED) is 0.315. The lowest BCUT2D eigenvalue weighted by molar-refractivity contribution is -0.137. The Morgan fingerprint density at radius 1 is 1.27 bits per heavy atom. The van der Waals surface area contributed by atoms with Gasteiger partial charge in [0.25, 0.3) is 0 Å². The summed E-state index contributed by atoms with van der Waals surface area (Å²) >= 11 is 3.53. The van der Waals surface area contributed by atoms with E-state index in [1.807, 2.05) is 31.0 Å². The zero-order valence-corrected chi connectivity index (χ0v) is 20.9. The summed E-state index contributed by atoms with van der Waals surface area (Å²) in [5, 5.41) is 5.58. The number of nitrogens with one attached hydrogen (secondary N) is 2. The van der Waals surface area contributed by atoms with Gasteiger partial charge in [-0.3, -0.25) is 10.1 Å². The van der Waals surface area contributed by atoms with Gasteiger partial charge < -0.3 is 19.4 Å². The van der Waals surface area contributed by atoms with Crippen LogP contribution in [0.15, 0.2) is 47.1 Å². The smallest absolute Gasteiger partial charge is 0.240 e. The molecule has 7 nitrogen and oxygen atoms in total. The Balaban J connectivity index is 1.51. The fraction of sp³-hybridized carbons (Fsp3) is 0.440. The maximum absolute atomic E-state index is 13.4. The van der Waals surface area contributed by atoms with Crippen LogP contribution in [-0.2, 0) is 14.3 Å². The lowest BCUT2D eigenvalue weighted by Crippen LogP contribution is -2.49. The molecule has 176 valence electrons. The van der Waals surface area contributed by atoms with Crippen LogP contribution in [0.25, 0.3) is 22.0 Å². The van der Waals surface area contributed by atoms with Gasteiger partial charge in [-0.15, -0.1) is 0 Å². The molecule has 4 rings (SSSR count). The number of likely N-dealkylation sites (tertiary alicyclic amines) is 1. The second-order valence-corrected chi connectivity index (χ2v) is 9.67. The van der Waals surface area contributed by atoms with Crippen molar-refractivity contribution in [2.45, 2.75) is 38.8 Å². The standard InChI is InChI=1S/C25H31BrN4O3/c1-16(2)23(28-14-33-15-32-3)25(31)30-10-4-5-22(30)24-27-13-21(29-24)19-7-6-18-12-20(26)9-8-17(18)11-19/h6-9,11-13,16,22-23,28H,4-5,10,14-15H2,1-3H3,(H,27,29)/t22-,23-/m0/s1. The summed E-state index contributed by atoms with van der Waals surface area (Å²) in [6.45, 7) is 5.28. The molecule has 1 aliphatic heterocycles. The molecule has 0 bridgehead atoms. The fourth-order valence-electron chi connectivity index (χ4n) is 4.41. The molecule has 1 saturated heterocycles. The molecule has 1 amide bonds. The maximum atomic E-state index is 13.4. The predicted molar refractivity (Wildman–Crippen MR) is 133 cm³/mol. The number of imidazole rings is 1. The van der Waals surface area contributed by atoms with E-state index < -0.39 is 0 Å².